The monoisotopic (exact) mass is 266 g/mol. The highest BCUT2D eigenvalue weighted by Crippen LogP contribution is 2.11. The second-order valence-electron chi connectivity index (χ2n) is 3.65. The van der Waals surface area contributed by atoms with Gasteiger partial charge in [0.15, 0.2) is 5.13 Å². The SMILES string of the molecule is Cc1cnn(CC(=O)N/N=C\c2ccc(F)s2)c1. The van der Waals surface area contributed by atoms with Crippen molar-refractivity contribution < 1.29 is 9.18 Å². The zero-order chi connectivity index (χ0) is 13.0. The predicted octanol–water partition coefficient (Wildman–Crippen LogP) is 1.54. The van der Waals surface area contributed by atoms with Crippen molar-refractivity contribution in [1.29, 1.82) is 0 Å². The number of amides is 1. The van der Waals surface area contributed by atoms with Crippen molar-refractivity contribution in [3.05, 3.63) is 40.1 Å². The van der Waals surface area contributed by atoms with Gasteiger partial charge in [-0.1, -0.05) is 0 Å². The first-order chi connectivity index (χ1) is 8.63. The van der Waals surface area contributed by atoms with Gasteiger partial charge >= 0.3 is 0 Å². The van der Waals surface area contributed by atoms with Crippen molar-refractivity contribution in [3.8, 4) is 0 Å². The smallest absolute Gasteiger partial charge is 0.261 e. The van der Waals surface area contributed by atoms with Gasteiger partial charge < -0.3 is 0 Å². The van der Waals surface area contributed by atoms with Crippen LogP contribution in [0.2, 0.25) is 0 Å². The van der Waals surface area contributed by atoms with Crippen LogP contribution >= 0.6 is 11.3 Å². The third-order valence-corrected chi connectivity index (χ3v) is 2.85. The Labute approximate surface area is 107 Å². The molecule has 0 unspecified atom stereocenters. The fourth-order valence-electron chi connectivity index (χ4n) is 1.30. The molecular weight excluding hydrogens is 255 g/mol. The standard InChI is InChI=1S/C11H11FN4OS/c1-8-4-14-16(6-8)7-11(17)15-13-5-9-2-3-10(12)18-9/h2-6H,7H2,1H3,(H,15,17)/b13-5-. The van der Waals surface area contributed by atoms with E-state index in [4.69, 9.17) is 0 Å². The van der Waals surface area contributed by atoms with Gasteiger partial charge in [-0.15, -0.1) is 11.3 Å². The molecule has 1 amide bonds. The summed E-state index contributed by atoms with van der Waals surface area (Å²) < 4.78 is 14.2. The van der Waals surface area contributed by atoms with Crippen molar-refractivity contribution in [3.63, 3.8) is 0 Å². The molecule has 2 aromatic heterocycles. The molecular formula is C11H11FN4OS. The molecule has 1 N–H and O–H groups in total. The molecule has 5 nitrogen and oxygen atoms in total. The van der Waals surface area contributed by atoms with Gasteiger partial charge in [-0.2, -0.15) is 14.6 Å². The molecule has 0 radical (unpaired) electrons. The molecule has 0 aliphatic carbocycles. The molecule has 0 saturated heterocycles. The minimum atomic E-state index is -0.286. The molecule has 7 heteroatoms. The Hall–Kier alpha value is -2.02. The van der Waals surface area contributed by atoms with E-state index in [1.807, 2.05) is 6.92 Å². The lowest BCUT2D eigenvalue weighted by molar-refractivity contribution is -0.121. The van der Waals surface area contributed by atoms with Crippen molar-refractivity contribution in [2.45, 2.75) is 13.5 Å². The highest BCUT2D eigenvalue weighted by molar-refractivity contribution is 7.12. The summed E-state index contributed by atoms with van der Waals surface area (Å²) in [5, 5.41) is 7.44. The number of nitrogens with zero attached hydrogens (tertiary/aromatic N) is 3. The van der Waals surface area contributed by atoms with E-state index in [1.165, 1.54) is 17.0 Å². The van der Waals surface area contributed by atoms with E-state index < -0.39 is 0 Å². The first-order valence-corrected chi connectivity index (χ1v) is 6.01. The average Bonchev–Trinajstić information content (AvgIpc) is 2.88. The molecule has 0 aliphatic heterocycles. The van der Waals surface area contributed by atoms with Crippen molar-refractivity contribution >= 4 is 23.5 Å². The number of halogens is 1. The Morgan fingerprint density at radius 3 is 3.11 bits per heavy atom. The average molecular weight is 266 g/mol. The zero-order valence-electron chi connectivity index (χ0n) is 9.63. The van der Waals surface area contributed by atoms with E-state index >= 15 is 0 Å². The van der Waals surface area contributed by atoms with Crippen molar-refractivity contribution in [1.82, 2.24) is 15.2 Å². The number of carbonyl (C=O) groups excluding carboxylic acids is 1. The van der Waals surface area contributed by atoms with Gasteiger partial charge in [-0.05, 0) is 24.6 Å². The Morgan fingerprint density at radius 1 is 1.67 bits per heavy atom. The number of aromatic nitrogens is 2. The molecule has 94 valence electrons. The summed E-state index contributed by atoms with van der Waals surface area (Å²) in [6, 6.07) is 2.94. The number of carbonyl (C=O) groups is 1. The van der Waals surface area contributed by atoms with Gasteiger partial charge in [0.05, 0.1) is 17.3 Å². The van der Waals surface area contributed by atoms with Crippen LogP contribution < -0.4 is 5.43 Å². The maximum atomic E-state index is 12.7. The van der Waals surface area contributed by atoms with E-state index in [0.29, 0.717) is 4.88 Å². The first kappa shape index (κ1) is 12.4. The number of hydrogen-bond acceptors (Lipinski definition) is 4. The lowest BCUT2D eigenvalue weighted by atomic mass is 10.4. The number of nitrogens with one attached hydrogen (secondary N) is 1. The molecule has 0 aliphatic rings. The lowest BCUT2D eigenvalue weighted by Gasteiger charge is -1.99. The first-order valence-electron chi connectivity index (χ1n) is 5.20. The van der Waals surface area contributed by atoms with Crippen LogP contribution in [0.1, 0.15) is 10.4 Å². The van der Waals surface area contributed by atoms with Gasteiger partial charge in [0.1, 0.15) is 6.54 Å². The zero-order valence-corrected chi connectivity index (χ0v) is 10.4. The maximum absolute atomic E-state index is 12.7. The van der Waals surface area contributed by atoms with Crippen molar-refractivity contribution in [2.75, 3.05) is 0 Å². The summed E-state index contributed by atoms with van der Waals surface area (Å²) in [4.78, 5) is 12.1. The summed E-state index contributed by atoms with van der Waals surface area (Å²) in [5.41, 5.74) is 3.34. The van der Waals surface area contributed by atoms with E-state index in [0.717, 1.165) is 16.9 Å². The van der Waals surface area contributed by atoms with E-state index in [-0.39, 0.29) is 17.6 Å². The fourth-order valence-corrected chi connectivity index (χ4v) is 1.90. The van der Waals surface area contributed by atoms with Crippen molar-refractivity contribution in [2.24, 2.45) is 5.10 Å². The Bertz CT molecular complexity index is 575. The molecule has 0 spiro atoms. The molecule has 2 heterocycles. The number of aryl methyl sites for hydroxylation is 1. The number of thiophene rings is 1. The minimum absolute atomic E-state index is 0.101. The summed E-state index contributed by atoms with van der Waals surface area (Å²) in [5.74, 6) is -0.286. The third kappa shape index (κ3) is 3.49. The molecule has 0 aromatic carbocycles. The van der Waals surface area contributed by atoms with Gasteiger partial charge in [0, 0.05) is 6.20 Å². The second kappa shape index (κ2) is 5.54. The highest BCUT2D eigenvalue weighted by atomic mass is 32.1. The summed E-state index contributed by atoms with van der Waals surface area (Å²) >= 11 is 0.962. The number of rotatable bonds is 4. The van der Waals surface area contributed by atoms with Crippen LogP contribution in [0.15, 0.2) is 29.6 Å². The third-order valence-electron chi connectivity index (χ3n) is 2.04. The van der Waals surface area contributed by atoms with Crippen LogP contribution in [0.4, 0.5) is 4.39 Å². The Balaban J connectivity index is 1.83. The lowest BCUT2D eigenvalue weighted by Crippen LogP contribution is -2.23. The normalized spacial score (nSPS) is 11.0. The molecule has 2 rings (SSSR count). The van der Waals surface area contributed by atoms with Crippen LogP contribution in [0, 0.1) is 12.1 Å². The molecule has 0 bridgehead atoms. The second-order valence-corrected chi connectivity index (χ2v) is 4.72. The molecule has 0 saturated carbocycles. The fraction of sp³-hybridized carbons (Fsp3) is 0.182. The summed E-state index contributed by atoms with van der Waals surface area (Å²) in [6.45, 7) is 1.99. The number of hydrazone groups is 1. The Morgan fingerprint density at radius 2 is 2.50 bits per heavy atom. The van der Waals surface area contributed by atoms with E-state index in [2.05, 4.69) is 15.6 Å². The largest absolute Gasteiger partial charge is 0.271 e. The van der Waals surface area contributed by atoms with E-state index in [9.17, 15) is 9.18 Å². The molecule has 2 aromatic rings. The topological polar surface area (TPSA) is 59.3 Å². The summed E-state index contributed by atoms with van der Waals surface area (Å²) in [7, 11) is 0. The summed E-state index contributed by atoms with van der Waals surface area (Å²) in [6.07, 6.45) is 4.84. The molecule has 0 fully saturated rings. The van der Waals surface area contributed by atoms with Crippen LogP contribution in [-0.2, 0) is 11.3 Å². The van der Waals surface area contributed by atoms with Crippen LogP contribution in [0.3, 0.4) is 0 Å². The maximum Gasteiger partial charge on any atom is 0.261 e. The van der Waals surface area contributed by atoms with Crippen LogP contribution in [0.5, 0.6) is 0 Å². The highest BCUT2D eigenvalue weighted by Gasteiger charge is 2.02. The molecule has 18 heavy (non-hydrogen) atoms. The Kier molecular flexibility index (Phi) is 3.83. The molecule has 0 atom stereocenters. The number of hydrogen-bond donors (Lipinski definition) is 1. The minimum Gasteiger partial charge on any atom is -0.271 e. The quantitative estimate of drug-likeness (QED) is 0.674. The van der Waals surface area contributed by atoms with Gasteiger partial charge in [-0.3, -0.25) is 9.48 Å². The van der Waals surface area contributed by atoms with Crippen LogP contribution in [0.25, 0.3) is 0 Å². The van der Waals surface area contributed by atoms with Gasteiger partial charge in [-0.25, -0.2) is 5.43 Å². The van der Waals surface area contributed by atoms with Gasteiger partial charge in [0.25, 0.3) is 5.91 Å². The van der Waals surface area contributed by atoms with Crippen LogP contribution in [-0.4, -0.2) is 21.9 Å². The van der Waals surface area contributed by atoms with Gasteiger partial charge in [0.2, 0.25) is 0 Å². The van der Waals surface area contributed by atoms with E-state index in [1.54, 1.807) is 18.5 Å². The predicted molar refractivity (Wildman–Crippen MR) is 67.0 cm³/mol.